The molecule has 0 saturated heterocycles. The molecule has 2 fully saturated rings. The van der Waals surface area contributed by atoms with E-state index in [1.54, 1.807) is 0 Å². The molecule has 2 unspecified atom stereocenters. The SMILES string of the molecule is CC[C@H]1CC(C)C(C)(C)C1(C)C.CC[C@H]1CC(C)C(C)(C)C1(C)C. The summed E-state index contributed by atoms with van der Waals surface area (Å²) in [6.07, 6.45) is 5.55. The molecule has 0 aromatic carbocycles. The first-order chi connectivity index (χ1) is 10.7. The number of hydrogen-bond donors (Lipinski definition) is 0. The largest absolute Gasteiger partial charge is 0.0651 e. The molecule has 0 aromatic rings. The van der Waals surface area contributed by atoms with E-state index in [1.165, 1.54) is 25.7 Å². The molecule has 2 aliphatic rings. The van der Waals surface area contributed by atoms with Gasteiger partial charge in [-0.1, -0.05) is 95.9 Å². The van der Waals surface area contributed by atoms with Crippen LogP contribution in [-0.2, 0) is 0 Å². The average Bonchev–Trinajstić information content (AvgIpc) is 2.73. The molecular formula is C24H48. The Bertz CT molecular complexity index is 370. The highest BCUT2D eigenvalue weighted by atomic mass is 14.6. The molecule has 0 N–H and O–H groups in total. The molecular weight excluding hydrogens is 288 g/mol. The molecule has 0 amide bonds. The fourth-order valence-electron chi connectivity index (χ4n) is 5.71. The zero-order valence-electron chi connectivity index (χ0n) is 19.1. The molecule has 0 radical (unpaired) electrons. The van der Waals surface area contributed by atoms with Gasteiger partial charge < -0.3 is 0 Å². The molecule has 2 saturated carbocycles. The molecule has 0 aromatic heterocycles. The Balaban J connectivity index is 0.000000240. The molecule has 0 nitrogen and oxygen atoms in total. The van der Waals surface area contributed by atoms with Gasteiger partial charge in [0.25, 0.3) is 0 Å². The predicted molar refractivity (Wildman–Crippen MR) is 110 cm³/mol. The van der Waals surface area contributed by atoms with E-state index in [0.29, 0.717) is 21.7 Å². The lowest BCUT2D eigenvalue weighted by Crippen LogP contribution is -2.33. The summed E-state index contributed by atoms with van der Waals surface area (Å²) in [7, 11) is 0. The lowest BCUT2D eigenvalue weighted by Gasteiger charge is -2.41. The second-order valence-corrected chi connectivity index (χ2v) is 11.4. The van der Waals surface area contributed by atoms with Crippen molar-refractivity contribution in [1.82, 2.24) is 0 Å². The summed E-state index contributed by atoms with van der Waals surface area (Å²) in [6.45, 7) is 29.0. The van der Waals surface area contributed by atoms with E-state index in [2.05, 4.69) is 83.1 Å². The summed E-state index contributed by atoms with van der Waals surface area (Å²) in [6, 6.07) is 0. The van der Waals surface area contributed by atoms with Gasteiger partial charge in [0, 0.05) is 0 Å². The predicted octanol–water partition coefficient (Wildman–Crippen LogP) is 8.21. The summed E-state index contributed by atoms with van der Waals surface area (Å²) < 4.78 is 0. The van der Waals surface area contributed by atoms with Gasteiger partial charge in [0.05, 0.1) is 0 Å². The number of rotatable bonds is 2. The van der Waals surface area contributed by atoms with Crippen LogP contribution in [0.2, 0.25) is 0 Å². The van der Waals surface area contributed by atoms with Crippen molar-refractivity contribution >= 4 is 0 Å². The molecule has 0 spiro atoms. The minimum atomic E-state index is 0.522. The van der Waals surface area contributed by atoms with Crippen LogP contribution >= 0.6 is 0 Å². The molecule has 0 heteroatoms. The molecule has 4 atom stereocenters. The van der Waals surface area contributed by atoms with Gasteiger partial charge in [-0.15, -0.1) is 0 Å². The van der Waals surface area contributed by atoms with Crippen LogP contribution in [0.3, 0.4) is 0 Å². The fourth-order valence-corrected chi connectivity index (χ4v) is 5.71. The van der Waals surface area contributed by atoms with Gasteiger partial charge in [0.15, 0.2) is 0 Å². The Labute approximate surface area is 154 Å². The molecule has 0 heterocycles. The fraction of sp³-hybridized carbons (Fsp3) is 1.00. The topological polar surface area (TPSA) is 0 Å². The zero-order valence-corrected chi connectivity index (χ0v) is 19.1. The van der Waals surface area contributed by atoms with E-state index >= 15 is 0 Å². The lowest BCUT2D eigenvalue weighted by molar-refractivity contribution is 0.0813. The van der Waals surface area contributed by atoms with Crippen LogP contribution in [-0.4, -0.2) is 0 Å². The van der Waals surface area contributed by atoms with E-state index in [0.717, 1.165) is 23.7 Å². The van der Waals surface area contributed by atoms with Crippen molar-refractivity contribution in [3.05, 3.63) is 0 Å². The quantitative estimate of drug-likeness (QED) is 0.476. The van der Waals surface area contributed by atoms with Gasteiger partial charge >= 0.3 is 0 Å². The molecule has 24 heavy (non-hydrogen) atoms. The Hall–Kier alpha value is 0. The van der Waals surface area contributed by atoms with E-state index in [4.69, 9.17) is 0 Å². The molecule has 144 valence electrons. The van der Waals surface area contributed by atoms with Crippen LogP contribution < -0.4 is 0 Å². The van der Waals surface area contributed by atoms with Crippen molar-refractivity contribution in [2.75, 3.05) is 0 Å². The smallest absolute Gasteiger partial charge is 0.0272 e. The van der Waals surface area contributed by atoms with Crippen LogP contribution in [0.5, 0.6) is 0 Å². The highest BCUT2D eigenvalue weighted by Gasteiger charge is 2.52. The molecule has 0 aliphatic heterocycles. The van der Waals surface area contributed by atoms with Crippen molar-refractivity contribution in [3.8, 4) is 0 Å². The lowest BCUT2D eigenvalue weighted by atomic mass is 9.64. The Morgan fingerprint density at radius 2 is 0.792 bits per heavy atom. The van der Waals surface area contributed by atoms with Crippen molar-refractivity contribution in [1.29, 1.82) is 0 Å². The van der Waals surface area contributed by atoms with Gasteiger partial charge in [0.2, 0.25) is 0 Å². The standard InChI is InChI=1S/2C12H24/c2*1-7-10-8-9(2)11(3,4)12(10,5)6/h2*9-10H,7-8H2,1-6H3/t2*9?,10-/m00/s1. The molecule has 2 aliphatic carbocycles. The third-order valence-electron chi connectivity index (χ3n) is 10.1. The minimum Gasteiger partial charge on any atom is -0.0651 e. The zero-order chi connectivity index (χ0) is 19.1. The molecule has 2 rings (SSSR count). The second-order valence-electron chi connectivity index (χ2n) is 11.4. The first-order valence-electron chi connectivity index (χ1n) is 10.7. The highest BCUT2D eigenvalue weighted by Crippen LogP contribution is 2.60. The summed E-state index contributed by atoms with van der Waals surface area (Å²) in [5.41, 5.74) is 2.10. The first-order valence-corrected chi connectivity index (χ1v) is 10.7. The van der Waals surface area contributed by atoms with Crippen LogP contribution in [0.15, 0.2) is 0 Å². The van der Waals surface area contributed by atoms with Crippen molar-refractivity contribution < 1.29 is 0 Å². The van der Waals surface area contributed by atoms with Crippen molar-refractivity contribution in [2.45, 2.75) is 109 Å². The Kier molecular flexibility index (Phi) is 6.39. The summed E-state index contributed by atoms with van der Waals surface area (Å²) in [4.78, 5) is 0. The van der Waals surface area contributed by atoms with Crippen molar-refractivity contribution in [3.63, 3.8) is 0 Å². The summed E-state index contributed by atoms with van der Waals surface area (Å²) in [5.74, 6) is 3.64. The van der Waals surface area contributed by atoms with E-state index in [-0.39, 0.29) is 0 Å². The monoisotopic (exact) mass is 336 g/mol. The van der Waals surface area contributed by atoms with Gasteiger partial charge in [-0.3, -0.25) is 0 Å². The maximum atomic E-state index is 2.45. The van der Waals surface area contributed by atoms with E-state index < -0.39 is 0 Å². The van der Waals surface area contributed by atoms with Crippen molar-refractivity contribution in [2.24, 2.45) is 45.3 Å². The second kappa shape index (κ2) is 6.96. The van der Waals surface area contributed by atoms with E-state index in [1.807, 2.05) is 0 Å². The molecule has 0 bridgehead atoms. The van der Waals surface area contributed by atoms with Crippen LogP contribution in [0, 0.1) is 45.3 Å². The van der Waals surface area contributed by atoms with Gasteiger partial charge in [-0.25, -0.2) is 0 Å². The van der Waals surface area contributed by atoms with Gasteiger partial charge in [-0.2, -0.15) is 0 Å². The summed E-state index contributed by atoms with van der Waals surface area (Å²) >= 11 is 0. The van der Waals surface area contributed by atoms with Gasteiger partial charge in [-0.05, 0) is 58.2 Å². The van der Waals surface area contributed by atoms with Crippen LogP contribution in [0.1, 0.15) is 109 Å². The average molecular weight is 337 g/mol. The third-order valence-corrected chi connectivity index (χ3v) is 10.1. The van der Waals surface area contributed by atoms with Gasteiger partial charge in [0.1, 0.15) is 0 Å². The first kappa shape index (κ1) is 22.0. The Morgan fingerprint density at radius 1 is 0.542 bits per heavy atom. The van der Waals surface area contributed by atoms with E-state index in [9.17, 15) is 0 Å². The normalized spacial score (nSPS) is 38.5. The maximum absolute atomic E-state index is 2.45. The van der Waals surface area contributed by atoms with Crippen LogP contribution in [0.25, 0.3) is 0 Å². The minimum absolute atomic E-state index is 0.522. The Morgan fingerprint density at radius 3 is 0.875 bits per heavy atom. The van der Waals surface area contributed by atoms with Crippen LogP contribution in [0.4, 0.5) is 0 Å². The third kappa shape index (κ3) is 3.33. The summed E-state index contributed by atoms with van der Waals surface area (Å²) in [5, 5.41) is 0. The number of hydrogen-bond acceptors (Lipinski definition) is 0. The highest BCUT2D eigenvalue weighted by molar-refractivity contribution is 5.01. The maximum Gasteiger partial charge on any atom is -0.0272 e.